The lowest BCUT2D eigenvalue weighted by Gasteiger charge is -2.05. The number of rotatable bonds is 6. The molecule has 0 radical (unpaired) electrons. The number of nitrogens with zero attached hydrogens (tertiary/aromatic N) is 1. The molecule has 0 spiro atoms. The highest BCUT2D eigenvalue weighted by Crippen LogP contribution is 2.14. The van der Waals surface area contributed by atoms with Crippen molar-refractivity contribution < 1.29 is 9.53 Å². The van der Waals surface area contributed by atoms with Gasteiger partial charge < -0.3 is 10.1 Å². The minimum atomic E-state index is -0.164. The van der Waals surface area contributed by atoms with Crippen LogP contribution >= 0.6 is 0 Å². The maximum Gasteiger partial charge on any atom is 0.248 e. The van der Waals surface area contributed by atoms with E-state index in [1.165, 1.54) is 17.2 Å². The summed E-state index contributed by atoms with van der Waals surface area (Å²) in [6.45, 7) is 0. The second-order valence-electron chi connectivity index (χ2n) is 5.82. The van der Waals surface area contributed by atoms with Gasteiger partial charge in [-0.1, -0.05) is 24.3 Å². The van der Waals surface area contributed by atoms with Crippen molar-refractivity contribution in [3.8, 4) is 5.75 Å². The molecule has 0 bridgehead atoms. The fourth-order valence-corrected chi connectivity index (χ4v) is 2.51. The highest BCUT2D eigenvalue weighted by molar-refractivity contribution is 6.01. The number of anilines is 1. The van der Waals surface area contributed by atoms with Crippen LogP contribution in [0.5, 0.6) is 5.75 Å². The smallest absolute Gasteiger partial charge is 0.248 e. The molecule has 4 nitrogen and oxygen atoms in total. The normalized spacial score (nSPS) is 10.7. The second-order valence-corrected chi connectivity index (χ2v) is 5.82. The van der Waals surface area contributed by atoms with Crippen molar-refractivity contribution in [2.45, 2.75) is 6.42 Å². The summed E-state index contributed by atoms with van der Waals surface area (Å²) in [4.78, 5) is 16.1. The van der Waals surface area contributed by atoms with Gasteiger partial charge in [0.2, 0.25) is 5.91 Å². The van der Waals surface area contributed by atoms with Crippen LogP contribution in [0.25, 0.3) is 6.08 Å². The molecular formula is C22H20N2O2. The Kier molecular flexibility index (Phi) is 5.78. The molecule has 2 aromatic carbocycles. The largest absolute Gasteiger partial charge is 0.497 e. The fraction of sp³-hybridized carbons (Fsp3) is 0.0909. The summed E-state index contributed by atoms with van der Waals surface area (Å²) in [6.07, 6.45) is 7.71. The van der Waals surface area contributed by atoms with E-state index in [0.29, 0.717) is 0 Å². The average Bonchev–Trinajstić information content (AvgIpc) is 2.69. The quantitative estimate of drug-likeness (QED) is 0.677. The topological polar surface area (TPSA) is 51.2 Å². The van der Waals surface area contributed by atoms with E-state index in [9.17, 15) is 4.79 Å². The first-order chi connectivity index (χ1) is 12.7. The van der Waals surface area contributed by atoms with Gasteiger partial charge >= 0.3 is 0 Å². The number of hydrogen-bond donors (Lipinski definition) is 1. The van der Waals surface area contributed by atoms with Gasteiger partial charge in [-0.3, -0.25) is 9.78 Å². The summed E-state index contributed by atoms with van der Waals surface area (Å²) in [5.74, 6) is 0.626. The Balaban J connectivity index is 1.56. The number of hydrogen-bond acceptors (Lipinski definition) is 3. The van der Waals surface area contributed by atoms with Crippen LogP contribution in [0.2, 0.25) is 0 Å². The molecule has 0 unspecified atom stereocenters. The molecule has 1 N–H and O–H groups in total. The highest BCUT2D eigenvalue weighted by Gasteiger charge is 2.00. The monoisotopic (exact) mass is 344 g/mol. The standard InChI is InChI=1S/C22H20N2O2/c1-26-21-9-4-17(5-10-21)6-11-22(25)24-20-7-2-18(3-8-20)16-19-12-14-23-15-13-19/h2-15H,16H2,1H3,(H,24,25)/b11-6+. The van der Waals surface area contributed by atoms with Gasteiger partial charge in [0.1, 0.15) is 5.75 Å². The second kappa shape index (κ2) is 8.62. The maximum absolute atomic E-state index is 12.1. The molecule has 3 rings (SSSR count). The molecule has 4 heteroatoms. The van der Waals surface area contributed by atoms with Gasteiger partial charge in [0.15, 0.2) is 0 Å². The molecule has 0 fully saturated rings. The molecule has 0 aliphatic carbocycles. The Labute approximate surface area is 153 Å². The number of nitrogens with one attached hydrogen (secondary N) is 1. The number of ether oxygens (including phenoxy) is 1. The first-order valence-electron chi connectivity index (χ1n) is 8.34. The first-order valence-corrected chi connectivity index (χ1v) is 8.34. The lowest BCUT2D eigenvalue weighted by atomic mass is 10.1. The van der Waals surface area contributed by atoms with E-state index in [4.69, 9.17) is 4.74 Å². The lowest BCUT2D eigenvalue weighted by molar-refractivity contribution is -0.111. The van der Waals surface area contributed by atoms with E-state index >= 15 is 0 Å². The van der Waals surface area contributed by atoms with Crippen LogP contribution in [0.15, 0.2) is 79.1 Å². The van der Waals surface area contributed by atoms with Crippen LogP contribution in [-0.4, -0.2) is 18.0 Å². The molecule has 0 aliphatic rings. The Morgan fingerprint density at radius 2 is 1.62 bits per heavy atom. The van der Waals surface area contributed by atoms with E-state index in [1.54, 1.807) is 25.6 Å². The molecular weight excluding hydrogens is 324 g/mol. The van der Waals surface area contributed by atoms with E-state index in [2.05, 4.69) is 10.3 Å². The third-order valence-electron chi connectivity index (χ3n) is 3.92. The van der Waals surface area contributed by atoms with Gasteiger partial charge in [-0.15, -0.1) is 0 Å². The minimum absolute atomic E-state index is 0.164. The van der Waals surface area contributed by atoms with E-state index in [-0.39, 0.29) is 5.91 Å². The summed E-state index contributed by atoms with van der Waals surface area (Å²) < 4.78 is 5.11. The zero-order valence-corrected chi connectivity index (χ0v) is 14.6. The predicted octanol–water partition coefficient (Wildman–Crippen LogP) is 4.33. The van der Waals surface area contributed by atoms with Crippen molar-refractivity contribution in [3.63, 3.8) is 0 Å². The van der Waals surface area contributed by atoms with Crippen LogP contribution in [0.3, 0.4) is 0 Å². The van der Waals surface area contributed by atoms with Gasteiger partial charge in [-0.25, -0.2) is 0 Å². The number of carbonyl (C=O) groups excluding carboxylic acids is 1. The van der Waals surface area contributed by atoms with Gasteiger partial charge in [0, 0.05) is 24.2 Å². The van der Waals surface area contributed by atoms with Gasteiger partial charge in [-0.2, -0.15) is 0 Å². The number of methoxy groups -OCH3 is 1. The number of benzene rings is 2. The van der Waals surface area contributed by atoms with Crippen LogP contribution in [-0.2, 0) is 11.2 Å². The van der Waals surface area contributed by atoms with Crippen molar-refractivity contribution >= 4 is 17.7 Å². The molecule has 1 amide bonds. The predicted molar refractivity (Wildman–Crippen MR) is 104 cm³/mol. The van der Waals surface area contributed by atoms with Crippen molar-refractivity contribution in [3.05, 3.63) is 95.8 Å². The summed E-state index contributed by atoms with van der Waals surface area (Å²) in [7, 11) is 1.63. The molecule has 1 heterocycles. The molecule has 0 atom stereocenters. The van der Waals surface area contributed by atoms with Crippen LogP contribution in [0.1, 0.15) is 16.7 Å². The van der Waals surface area contributed by atoms with Crippen LogP contribution in [0, 0.1) is 0 Å². The molecule has 130 valence electrons. The van der Waals surface area contributed by atoms with Crippen LogP contribution < -0.4 is 10.1 Å². The molecule has 26 heavy (non-hydrogen) atoms. The summed E-state index contributed by atoms with van der Waals surface area (Å²) in [5, 5.41) is 2.87. The van der Waals surface area contributed by atoms with E-state index in [1.807, 2.05) is 60.7 Å². The van der Waals surface area contributed by atoms with E-state index < -0.39 is 0 Å². The van der Waals surface area contributed by atoms with Crippen molar-refractivity contribution in [2.75, 3.05) is 12.4 Å². The number of carbonyl (C=O) groups is 1. The Morgan fingerprint density at radius 1 is 0.962 bits per heavy atom. The summed E-state index contributed by atoms with van der Waals surface area (Å²) >= 11 is 0. The lowest BCUT2D eigenvalue weighted by Crippen LogP contribution is -2.07. The number of pyridine rings is 1. The van der Waals surface area contributed by atoms with Crippen molar-refractivity contribution in [2.24, 2.45) is 0 Å². The molecule has 1 aromatic heterocycles. The van der Waals surface area contributed by atoms with Crippen LogP contribution in [0.4, 0.5) is 5.69 Å². The molecule has 0 saturated heterocycles. The molecule has 0 saturated carbocycles. The number of amides is 1. The number of aromatic nitrogens is 1. The third kappa shape index (κ3) is 5.05. The summed E-state index contributed by atoms with van der Waals surface area (Å²) in [5.41, 5.74) is 4.10. The molecule has 0 aliphatic heterocycles. The Bertz CT molecular complexity index is 870. The highest BCUT2D eigenvalue weighted by atomic mass is 16.5. The fourth-order valence-electron chi connectivity index (χ4n) is 2.51. The molecule has 3 aromatic rings. The van der Waals surface area contributed by atoms with E-state index in [0.717, 1.165) is 23.4 Å². The SMILES string of the molecule is COc1ccc(/C=C/C(=O)Nc2ccc(Cc3ccncc3)cc2)cc1. The van der Waals surface area contributed by atoms with Crippen molar-refractivity contribution in [1.82, 2.24) is 4.98 Å². The summed E-state index contributed by atoms with van der Waals surface area (Å²) in [6, 6.07) is 19.4. The Morgan fingerprint density at radius 3 is 2.27 bits per heavy atom. The maximum atomic E-state index is 12.1. The van der Waals surface area contributed by atoms with Gasteiger partial charge in [-0.05, 0) is 65.6 Å². The van der Waals surface area contributed by atoms with Crippen molar-refractivity contribution in [1.29, 1.82) is 0 Å². The third-order valence-corrected chi connectivity index (χ3v) is 3.92. The first kappa shape index (κ1) is 17.4. The van der Waals surface area contributed by atoms with Gasteiger partial charge in [0.05, 0.1) is 7.11 Å². The minimum Gasteiger partial charge on any atom is -0.497 e. The zero-order chi connectivity index (χ0) is 18.2. The van der Waals surface area contributed by atoms with Gasteiger partial charge in [0.25, 0.3) is 0 Å². The zero-order valence-electron chi connectivity index (χ0n) is 14.6. The Hall–Kier alpha value is -3.40. The average molecular weight is 344 g/mol.